The second-order valence-electron chi connectivity index (χ2n) is 4.65. The lowest BCUT2D eigenvalue weighted by molar-refractivity contribution is 0.762. The molecule has 0 N–H and O–H groups in total. The maximum atomic E-state index is 12.7. The van der Waals surface area contributed by atoms with E-state index in [4.69, 9.17) is 0 Å². The lowest BCUT2D eigenvalue weighted by atomic mass is 10.3. The topological polar surface area (TPSA) is 61.8 Å². The highest BCUT2D eigenvalue weighted by atomic mass is 32.2. The molecule has 1 aromatic carbocycles. The highest BCUT2D eigenvalue weighted by molar-refractivity contribution is 7.98. The Labute approximate surface area is 124 Å². The normalized spacial score (nSPS) is 11.2. The standard InChI is InChI=1S/C14H14N4O2S/c1-16-10-11(15-13(16)21-3)17(2)14(20)18(12(10)19)9-7-5-4-6-8-9/h4-8H,1-3H3. The predicted molar refractivity (Wildman–Crippen MR) is 83.3 cm³/mol. The molecule has 2 heterocycles. The summed E-state index contributed by atoms with van der Waals surface area (Å²) in [5, 5.41) is 0.697. The van der Waals surface area contributed by atoms with Gasteiger partial charge in [0.15, 0.2) is 16.3 Å². The average molecular weight is 302 g/mol. The van der Waals surface area contributed by atoms with Crippen molar-refractivity contribution in [3.05, 3.63) is 51.2 Å². The van der Waals surface area contributed by atoms with Crippen molar-refractivity contribution in [2.45, 2.75) is 5.16 Å². The van der Waals surface area contributed by atoms with Gasteiger partial charge < -0.3 is 4.57 Å². The maximum Gasteiger partial charge on any atom is 0.337 e. The first-order valence-corrected chi connectivity index (χ1v) is 7.56. The van der Waals surface area contributed by atoms with Crippen LogP contribution in [-0.2, 0) is 14.1 Å². The van der Waals surface area contributed by atoms with Crippen molar-refractivity contribution < 1.29 is 0 Å². The van der Waals surface area contributed by atoms with Gasteiger partial charge >= 0.3 is 5.69 Å². The summed E-state index contributed by atoms with van der Waals surface area (Å²) < 4.78 is 4.30. The molecule has 0 amide bonds. The molecule has 0 bridgehead atoms. The highest BCUT2D eigenvalue weighted by Crippen LogP contribution is 2.17. The molecule has 108 valence electrons. The smallest absolute Gasteiger partial charge is 0.316 e. The largest absolute Gasteiger partial charge is 0.337 e. The molecule has 3 aromatic rings. The third-order valence-corrected chi connectivity index (χ3v) is 4.16. The van der Waals surface area contributed by atoms with Crippen LogP contribution in [0.5, 0.6) is 0 Å². The van der Waals surface area contributed by atoms with Gasteiger partial charge in [0, 0.05) is 14.1 Å². The molecule has 0 saturated carbocycles. The van der Waals surface area contributed by atoms with E-state index in [2.05, 4.69) is 4.98 Å². The zero-order chi connectivity index (χ0) is 15.1. The number of thioether (sulfide) groups is 1. The zero-order valence-corrected chi connectivity index (χ0v) is 12.7. The molecular formula is C14H14N4O2S. The van der Waals surface area contributed by atoms with Crippen LogP contribution >= 0.6 is 11.8 Å². The van der Waals surface area contributed by atoms with Crippen LogP contribution < -0.4 is 11.2 Å². The van der Waals surface area contributed by atoms with E-state index in [1.807, 2.05) is 12.3 Å². The number of rotatable bonds is 2. The van der Waals surface area contributed by atoms with Gasteiger partial charge in [-0.15, -0.1) is 0 Å². The van der Waals surface area contributed by atoms with Gasteiger partial charge in [0.1, 0.15) is 0 Å². The quantitative estimate of drug-likeness (QED) is 0.666. The average Bonchev–Trinajstić information content (AvgIpc) is 2.83. The number of para-hydroxylation sites is 1. The number of aryl methyl sites for hydroxylation is 2. The second kappa shape index (κ2) is 4.92. The predicted octanol–water partition coefficient (Wildman–Crippen LogP) is 1.14. The molecule has 0 fully saturated rings. The third-order valence-electron chi connectivity index (χ3n) is 3.43. The molecule has 0 saturated heterocycles. The Morgan fingerprint density at radius 2 is 1.71 bits per heavy atom. The van der Waals surface area contributed by atoms with Crippen molar-refractivity contribution in [1.82, 2.24) is 18.7 Å². The molecule has 0 unspecified atom stereocenters. The number of benzene rings is 1. The molecule has 0 atom stereocenters. The molecule has 6 nitrogen and oxygen atoms in total. The highest BCUT2D eigenvalue weighted by Gasteiger charge is 2.18. The molecule has 7 heteroatoms. The first kappa shape index (κ1) is 13.7. The van der Waals surface area contributed by atoms with Gasteiger partial charge in [0.25, 0.3) is 5.56 Å². The summed E-state index contributed by atoms with van der Waals surface area (Å²) in [7, 11) is 3.41. The number of aromatic nitrogens is 4. The fourth-order valence-corrected chi connectivity index (χ4v) is 2.90. The summed E-state index contributed by atoms with van der Waals surface area (Å²) in [5.41, 5.74) is 0.630. The lowest BCUT2D eigenvalue weighted by Gasteiger charge is -2.08. The van der Waals surface area contributed by atoms with Crippen LogP contribution in [0, 0.1) is 0 Å². The van der Waals surface area contributed by atoms with Gasteiger partial charge in [-0.1, -0.05) is 30.0 Å². The fourth-order valence-electron chi connectivity index (χ4n) is 2.36. The maximum absolute atomic E-state index is 12.7. The van der Waals surface area contributed by atoms with E-state index in [9.17, 15) is 9.59 Å². The van der Waals surface area contributed by atoms with Gasteiger partial charge in [-0.2, -0.15) is 0 Å². The molecule has 0 spiro atoms. The minimum absolute atomic E-state index is 0.352. The Balaban J connectivity index is 2.51. The Kier molecular flexibility index (Phi) is 3.21. The Bertz CT molecular complexity index is 937. The molecular weight excluding hydrogens is 288 g/mol. The van der Waals surface area contributed by atoms with Crippen molar-refractivity contribution in [3.8, 4) is 5.69 Å². The van der Waals surface area contributed by atoms with Crippen molar-refractivity contribution in [3.63, 3.8) is 0 Å². The van der Waals surface area contributed by atoms with E-state index in [1.54, 1.807) is 42.9 Å². The number of hydrogen-bond acceptors (Lipinski definition) is 4. The summed E-state index contributed by atoms with van der Waals surface area (Å²) >= 11 is 1.43. The van der Waals surface area contributed by atoms with E-state index >= 15 is 0 Å². The number of hydrogen-bond donors (Lipinski definition) is 0. The van der Waals surface area contributed by atoms with Crippen molar-refractivity contribution >= 4 is 22.9 Å². The summed E-state index contributed by atoms with van der Waals surface area (Å²) in [5.74, 6) is 0. The minimum Gasteiger partial charge on any atom is -0.316 e. The van der Waals surface area contributed by atoms with E-state index in [1.165, 1.54) is 20.9 Å². The van der Waals surface area contributed by atoms with Crippen molar-refractivity contribution in [2.24, 2.45) is 14.1 Å². The zero-order valence-electron chi connectivity index (χ0n) is 11.9. The number of imidazole rings is 1. The summed E-state index contributed by atoms with van der Waals surface area (Å²) in [4.78, 5) is 29.6. The van der Waals surface area contributed by atoms with Crippen LogP contribution in [0.4, 0.5) is 0 Å². The Hall–Kier alpha value is -2.28. The Morgan fingerprint density at radius 3 is 2.33 bits per heavy atom. The van der Waals surface area contributed by atoms with Gasteiger partial charge in [-0.25, -0.2) is 14.3 Å². The van der Waals surface area contributed by atoms with Crippen LogP contribution in [0.25, 0.3) is 16.9 Å². The SMILES string of the molecule is CSc1nc2c(c(=O)n(-c3ccccc3)c(=O)n2C)n1C. The van der Waals surface area contributed by atoms with E-state index < -0.39 is 5.69 Å². The van der Waals surface area contributed by atoms with E-state index in [0.717, 1.165) is 0 Å². The van der Waals surface area contributed by atoms with E-state index in [0.29, 0.717) is 22.0 Å². The van der Waals surface area contributed by atoms with Gasteiger partial charge in [0.2, 0.25) is 0 Å². The fraction of sp³-hybridized carbons (Fsp3) is 0.214. The van der Waals surface area contributed by atoms with Crippen molar-refractivity contribution in [2.75, 3.05) is 6.26 Å². The second-order valence-corrected chi connectivity index (χ2v) is 5.42. The molecule has 3 rings (SSSR count). The lowest BCUT2D eigenvalue weighted by Crippen LogP contribution is -2.38. The molecule has 21 heavy (non-hydrogen) atoms. The molecule has 0 aliphatic rings. The van der Waals surface area contributed by atoms with Crippen LogP contribution in [0.3, 0.4) is 0 Å². The van der Waals surface area contributed by atoms with Crippen LogP contribution in [0.1, 0.15) is 0 Å². The molecule has 0 aliphatic heterocycles. The van der Waals surface area contributed by atoms with Crippen LogP contribution in [0.15, 0.2) is 45.1 Å². The van der Waals surface area contributed by atoms with Crippen molar-refractivity contribution in [1.29, 1.82) is 0 Å². The monoisotopic (exact) mass is 302 g/mol. The number of nitrogens with zero attached hydrogens (tertiary/aromatic N) is 4. The number of fused-ring (bicyclic) bond motifs is 1. The first-order valence-electron chi connectivity index (χ1n) is 6.34. The summed E-state index contributed by atoms with van der Waals surface area (Å²) in [6.45, 7) is 0. The minimum atomic E-state index is -0.399. The summed E-state index contributed by atoms with van der Waals surface area (Å²) in [6, 6.07) is 8.90. The van der Waals surface area contributed by atoms with Gasteiger partial charge in [-0.05, 0) is 18.4 Å². The van der Waals surface area contributed by atoms with Crippen LogP contribution in [0.2, 0.25) is 0 Å². The van der Waals surface area contributed by atoms with Gasteiger partial charge in [0.05, 0.1) is 5.69 Å². The van der Waals surface area contributed by atoms with Crippen LogP contribution in [-0.4, -0.2) is 24.9 Å². The Morgan fingerprint density at radius 1 is 1.05 bits per heavy atom. The molecule has 0 radical (unpaired) electrons. The molecule has 0 aliphatic carbocycles. The molecule has 2 aromatic heterocycles. The summed E-state index contributed by atoms with van der Waals surface area (Å²) in [6.07, 6.45) is 1.88. The van der Waals surface area contributed by atoms with E-state index in [-0.39, 0.29) is 5.56 Å². The van der Waals surface area contributed by atoms with Gasteiger partial charge in [-0.3, -0.25) is 9.36 Å². The third kappa shape index (κ3) is 1.92. The first-order chi connectivity index (χ1) is 10.1.